The summed E-state index contributed by atoms with van der Waals surface area (Å²) in [6.45, 7) is 3.74. The zero-order valence-electron chi connectivity index (χ0n) is 19.7. The van der Waals surface area contributed by atoms with Crippen molar-refractivity contribution in [1.82, 2.24) is 14.5 Å². The lowest BCUT2D eigenvalue weighted by molar-refractivity contribution is -0.140. The van der Waals surface area contributed by atoms with E-state index >= 15 is 0 Å². The number of aromatic nitrogens is 3. The number of rotatable bonds is 7. The minimum absolute atomic E-state index is 0.114. The van der Waals surface area contributed by atoms with Gasteiger partial charge < -0.3 is 15.4 Å². The van der Waals surface area contributed by atoms with Crippen molar-refractivity contribution in [2.45, 2.75) is 38.6 Å². The molecule has 0 saturated heterocycles. The number of nitrogens with two attached hydrogens (primary N) is 1. The molecule has 0 bridgehead atoms. The zero-order valence-corrected chi connectivity index (χ0v) is 19.7. The Kier molecular flexibility index (Phi) is 5.47. The predicted octanol–water partition coefficient (Wildman–Crippen LogP) is 4.54. The number of carboxylic acid groups (broad SMARTS) is 1. The predicted molar refractivity (Wildman–Crippen MR) is 135 cm³/mol. The van der Waals surface area contributed by atoms with Gasteiger partial charge in [0.25, 0.3) is 0 Å². The van der Waals surface area contributed by atoms with Crippen LogP contribution in [-0.4, -0.2) is 31.4 Å². The number of benzene rings is 1. The Morgan fingerprint density at radius 2 is 1.83 bits per heavy atom. The van der Waals surface area contributed by atoms with Gasteiger partial charge in [-0.15, -0.1) is 0 Å². The number of hydrogen-bond donors (Lipinski definition) is 2. The maximum Gasteiger partial charge on any atom is 0.314 e. The summed E-state index contributed by atoms with van der Waals surface area (Å²) in [6, 6.07) is 15.5. The molecule has 3 N–H and O–H groups in total. The number of nitrogens with zero attached hydrogens (tertiary/aromatic N) is 3. The molecule has 0 unspecified atom stereocenters. The molecule has 35 heavy (non-hydrogen) atoms. The van der Waals surface area contributed by atoms with Gasteiger partial charge in [-0.25, -0.2) is 0 Å². The zero-order chi connectivity index (χ0) is 24.7. The average molecular weight is 467 g/mol. The van der Waals surface area contributed by atoms with Crippen LogP contribution in [-0.2, 0) is 21.5 Å². The number of carboxylic acids is 1. The van der Waals surface area contributed by atoms with E-state index in [4.69, 9.17) is 10.7 Å². The molecule has 3 heterocycles. The lowest BCUT2D eigenvalue weighted by Gasteiger charge is -2.10. The number of aliphatic carboxylic acids is 1. The van der Waals surface area contributed by atoms with E-state index in [2.05, 4.69) is 9.55 Å². The van der Waals surface area contributed by atoms with Crippen LogP contribution in [0.5, 0.6) is 0 Å². The fourth-order valence-electron chi connectivity index (χ4n) is 4.74. The van der Waals surface area contributed by atoms with Crippen molar-refractivity contribution in [1.29, 1.82) is 0 Å². The van der Waals surface area contributed by atoms with E-state index in [1.807, 2.05) is 54.7 Å². The first-order chi connectivity index (χ1) is 16.8. The van der Waals surface area contributed by atoms with Crippen molar-refractivity contribution in [3.05, 3.63) is 89.6 Å². The van der Waals surface area contributed by atoms with Gasteiger partial charge in [-0.3, -0.25) is 19.6 Å². The van der Waals surface area contributed by atoms with Gasteiger partial charge in [0.1, 0.15) is 0 Å². The first-order valence-corrected chi connectivity index (χ1v) is 11.5. The molecule has 0 radical (unpaired) electrons. The van der Waals surface area contributed by atoms with Crippen LogP contribution in [0.25, 0.3) is 27.7 Å². The monoisotopic (exact) mass is 466 g/mol. The normalized spacial score (nSPS) is 15.0. The number of carbonyl (C=O) groups excluding carboxylic acids is 1. The second-order valence-electron chi connectivity index (χ2n) is 9.16. The quantitative estimate of drug-likeness (QED) is 0.387. The van der Waals surface area contributed by atoms with Gasteiger partial charge in [-0.2, -0.15) is 0 Å². The number of allylic oxidation sites excluding steroid dienone is 2. The van der Waals surface area contributed by atoms with Crippen molar-refractivity contribution < 1.29 is 14.7 Å². The number of carbonyl (C=O) groups is 2. The van der Waals surface area contributed by atoms with E-state index in [1.165, 1.54) is 6.92 Å². The van der Waals surface area contributed by atoms with Crippen LogP contribution < -0.4 is 5.73 Å². The van der Waals surface area contributed by atoms with Crippen molar-refractivity contribution >= 4 is 28.4 Å². The minimum atomic E-state index is -0.768. The average Bonchev–Trinajstić information content (AvgIpc) is 3.58. The summed E-state index contributed by atoms with van der Waals surface area (Å²) in [7, 11) is 0. The Morgan fingerprint density at radius 1 is 1.09 bits per heavy atom. The van der Waals surface area contributed by atoms with Gasteiger partial charge in [0.15, 0.2) is 5.78 Å². The van der Waals surface area contributed by atoms with Crippen molar-refractivity contribution in [2.24, 2.45) is 5.73 Å². The molecule has 1 aliphatic carbocycles. The van der Waals surface area contributed by atoms with E-state index in [-0.39, 0.29) is 5.78 Å². The van der Waals surface area contributed by atoms with Gasteiger partial charge in [0.2, 0.25) is 0 Å². The van der Waals surface area contributed by atoms with Crippen LogP contribution in [0, 0.1) is 0 Å². The Morgan fingerprint density at radius 3 is 2.40 bits per heavy atom. The molecular formula is C28H26N4O3. The van der Waals surface area contributed by atoms with Gasteiger partial charge in [0.05, 0.1) is 28.7 Å². The number of hydrogen-bond acceptors (Lipinski definition) is 5. The summed E-state index contributed by atoms with van der Waals surface area (Å²) in [4.78, 5) is 33.2. The molecule has 4 aromatic rings. The van der Waals surface area contributed by atoms with Gasteiger partial charge in [0, 0.05) is 41.0 Å². The fourth-order valence-corrected chi connectivity index (χ4v) is 4.74. The van der Waals surface area contributed by atoms with Crippen LogP contribution in [0.2, 0.25) is 0 Å². The van der Waals surface area contributed by atoms with E-state index in [0.717, 1.165) is 33.4 Å². The van der Waals surface area contributed by atoms with E-state index in [1.54, 1.807) is 19.3 Å². The van der Waals surface area contributed by atoms with Crippen LogP contribution in [0.3, 0.4) is 0 Å². The third-order valence-corrected chi connectivity index (χ3v) is 6.72. The lowest BCUT2D eigenvalue weighted by atomic mass is 9.94. The van der Waals surface area contributed by atoms with E-state index in [9.17, 15) is 14.7 Å². The van der Waals surface area contributed by atoms with Gasteiger partial charge in [-0.1, -0.05) is 30.3 Å². The van der Waals surface area contributed by atoms with Crippen molar-refractivity contribution in [3.63, 3.8) is 0 Å². The van der Waals surface area contributed by atoms with E-state index in [0.29, 0.717) is 36.2 Å². The summed E-state index contributed by atoms with van der Waals surface area (Å²) in [5.41, 5.74) is 12.1. The second-order valence-corrected chi connectivity index (χ2v) is 9.16. The third-order valence-electron chi connectivity index (χ3n) is 6.72. The summed E-state index contributed by atoms with van der Waals surface area (Å²) in [6.07, 6.45) is 6.81. The van der Waals surface area contributed by atoms with E-state index < -0.39 is 11.4 Å². The highest BCUT2D eigenvalue weighted by atomic mass is 16.4. The molecule has 5 rings (SSSR count). The number of fused-ring (bicyclic) bond motifs is 1. The highest BCUT2D eigenvalue weighted by molar-refractivity contribution is 6.20. The van der Waals surface area contributed by atoms with Crippen molar-refractivity contribution in [3.8, 4) is 11.1 Å². The fraction of sp³-hybridized carbons (Fsp3) is 0.214. The largest absolute Gasteiger partial charge is 0.481 e. The second kappa shape index (κ2) is 8.51. The highest BCUT2D eigenvalue weighted by Gasteiger charge is 2.51. The summed E-state index contributed by atoms with van der Waals surface area (Å²) < 4.78 is 2.07. The van der Waals surface area contributed by atoms with Crippen LogP contribution in [0.1, 0.15) is 43.5 Å². The molecule has 1 aromatic carbocycles. The van der Waals surface area contributed by atoms with Crippen molar-refractivity contribution in [2.75, 3.05) is 0 Å². The standard InChI is InChI=1S/C28H26N4O3/c1-17(29)25(18(2)33)20-13-24-26(31-14-20)23(16-32(24)15-22-5-3-4-12-30-22)19-6-8-21(9-7-19)28(10-11-28)27(34)35/h3-9,12-14,16H,10-11,15,29H2,1-2H3,(H,34,35). The van der Waals surface area contributed by atoms with Gasteiger partial charge >= 0.3 is 5.97 Å². The third kappa shape index (κ3) is 3.99. The molecule has 1 aliphatic rings. The molecular weight excluding hydrogens is 440 g/mol. The highest BCUT2D eigenvalue weighted by Crippen LogP contribution is 2.48. The minimum Gasteiger partial charge on any atom is -0.481 e. The molecule has 3 aromatic heterocycles. The molecule has 1 saturated carbocycles. The summed E-state index contributed by atoms with van der Waals surface area (Å²) >= 11 is 0. The van der Waals surface area contributed by atoms with Crippen LogP contribution in [0.15, 0.2) is 72.8 Å². The van der Waals surface area contributed by atoms with Crippen LogP contribution >= 0.6 is 0 Å². The SMILES string of the molecule is CC(=O)C(=C(C)N)c1cnc2c(-c3ccc(C4(C(=O)O)CC4)cc3)cn(Cc3ccccn3)c2c1. The molecule has 176 valence electrons. The topological polar surface area (TPSA) is 111 Å². The maximum absolute atomic E-state index is 12.3. The maximum atomic E-state index is 12.3. The molecule has 0 spiro atoms. The molecule has 0 aliphatic heterocycles. The molecule has 0 atom stereocenters. The smallest absolute Gasteiger partial charge is 0.314 e. The summed E-state index contributed by atoms with van der Waals surface area (Å²) in [5.74, 6) is -0.881. The summed E-state index contributed by atoms with van der Waals surface area (Å²) in [5, 5.41) is 9.62. The first-order valence-electron chi connectivity index (χ1n) is 11.5. The first kappa shape index (κ1) is 22.5. The lowest BCUT2D eigenvalue weighted by Crippen LogP contribution is -2.19. The molecule has 7 heteroatoms. The number of ketones is 1. The van der Waals surface area contributed by atoms with Crippen LogP contribution in [0.4, 0.5) is 0 Å². The molecule has 1 fully saturated rings. The number of Topliss-reactive ketones (excluding diaryl/α,β-unsaturated/α-hetero) is 1. The Hall–Kier alpha value is -4.26. The Labute approximate surface area is 202 Å². The Balaban J connectivity index is 1.63. The molecule has 0 amide bonds. The number of pyridine rings is 2. The Bertz CT molecular complexity index is 1480. The molecule has 7 nitrogen and oxygen atoms in total. The van der Waals surface area contributed by atoms with Gasteiger partial charge in [-0.05, 0) is 56.0 Å².